The van der Waals surface area contributed by atoms with Crippen molar-refractivity contribution in [2.24, 2.45) is 4.99 Å². The van der Waals surface area contributed by atoms with Gasteiger partial charge in [0, 0.05) is 61.4 Å². The number of piperidine rings is 1. The number of benzene rings is 2. The monoisotopic (exact) mass is 661 g/mol. The number of aromatic nitrogens is 1. The van der Waals surface area contributed by atoms with Crippen LogP contribution in [-0.4, -0.2) is 58.9 Å². The Bertz CT molecular complexity index is 1750. The number of nitrogens with zero attached hydrogens (tertiary/aromatic N) is 5. The van der Waals surface area contributed by atoms with Gasteiger partial charge in [-0.3, -0.25) is 19.9 Å². The number of nitrogens with one attached hydrogen (secondary N) is 4. The number of anilines is 3. The number of allylic oxidation sites excluding steroid dienone is 1. The summed E-state index contributed by atoms with van der Waals surface area (Å²) in [6, 6.07) is 10.3. The highest BCUT2D eigenvalue weighted by atomic mass is 35.5. The number of hydrazine groups is 2. The van der Waals surface area contributed by atoms with Gasteiger partial charge in [-0.05, 0) is 69.5 Å². The molecule has 2 aliphatic heterocycles. The van der Waals surface area contributed by atoms with Crippen molar-refractivity contribution >= 4 is 57.4 Å². The Balaban J connectivity index is 1.48. The Hall–Kier alpha value is -4.14. The van der Waals surface area contributed by atoms with Crippen molar-refractivity contribution in [3.8, 4) is 6.07 Å². The van der Waals surface area contributed by atoms with Gasteiger partial charge in [0.15, 0.2) is 5.82 Å². The summed E-state index contributed by atoms with van der Waals surface area (Å²) in [6.07, 6.45) is 11.0. The second-order valence-electron chi connectivity index (χ2n) is 12.3. The molecule has 1 aromatic heterocycles. The highest BCUT2D eigenvalue weighted by Crippen LogP contribution is 2.37. The van der Waals surface area contributed by atoms with Gasteiger partial charge in [-0.1, -0.05) is 41.9 Å². The Labute approximate surface area is 279 Å². The van der Waals surface area contributed by atoms with Gasteiger partial charge < -0.3 is 16.1 Å². The maximum absolute atomic E-state index is 14.9. The lowest BCUT2D eigenvalue weighted by atomic mass is 9.98. The number of aliphatic imine (C=N–C) groups is 1. The molecular formula is C34H38Cl2FN9. The number of pyridine rings is 1. The van der Waals surface area contributed by atoms with E-state index in [9.17, 15) is 9.65 Å². The van der Waals surface area contributed by atoms with Gasteiger partial charge in [0.25, 0.3) is 0 Å². The minimum Gasteiger partial charge on any atom is -0.373 e. The van der Waals surface area contributed by atoms with Crippen LogP contribution >= 0.6 is 23.2 Å². The molecule has 9 nitrogen and oxygen atoms in total. The van der Waals surface area contributed by atoms with Crippen molar-refractivity contribution in [1.29, 1.82) is 5.26 Å². The predicted octanol–water partition coefficient (Wildman–Crippen LogP) is 7.32. The van der Waals surface area contributed by atoms with Crippen LogP contribution in [0.2, 0.25) is 10.0 Å². The van der Waals surface area contributed by atoms with Crippen LogP contribution in [0.3, 0.4) is 0 Å². The summed E-state index contributed by atoms with van der Waals surface area (Å²) in [5.41, 5.74) is 10.3. The molecule has 1 saturated heterocycles. The third-order valence-corrected chi connectivity index (χ3v) is 8.79. The van der Waals surface area contributed by atoms with Crippen molar-refractivity contribution < 1.29 is 4.39 Å². The van der Waals surface area contributed by atoms with Crippen LogP contribution in [0.15, 0.2) is 77.7 Å². The summed E-state index contributed by atoms with van der Waals surface area (Å²) in [5.74, 6) is -0.627. The second-order valence-corrected chi connectivity index (χ2v) is 13.1. The average molecular weight is 663 g/mol. The number of fused-ring (bicyclic) bond motifs is 1. The normalized spacial score (nSPS) is 16.9. The average Bonchev–Trinajstić information content (AvgIpc) is 3.52. The first kappa shape index (κ1) is 33.2. The van der Waals surface area contributed by atoms with Crippen molar-refractivity contribution in [3.63, 3.8) is 0 Å². The second kappa shape index (κ2) is 14.1. The third kappa shape index (κ3) is 7.29. The van der Waals surface area contributed by atoms with Gasteiger partial charge in [-0.2, -0.15) is 5.26 Å². The molecule has 2 aliphatic rings. The van der Waals surface area contributed by atoms with E-state index in [1.807, 2.05) is 18.2 Å². The molecule has 1 fully saturated rings. The van der Waals surface area contributed by atoms with E-state index in [1.165, 1.54) is 12.3 Å². The number of halogens is 3. The molecule has 0 bridgehead atoms. The van der Waals surface area contributed by atoms with Gasteiger partial charge >= 0.3 is 0 Å². The zero-order chi connectivity index (χ0) is 33.0. The molecule has 0 spiro atoms. The van der Waals surface area contributed by atoms with Crippen molar-refractivity contribution in [2.45, 2.75) is 51.2 Å². The molecule has 5 rings (SSSR count). The fraction of sp³-hybridized carbons (Fsp3) is 0.324. The van der Waals surface area contributed by atoms with Crippen LogP contribution in [0.4, 0.5) is 21.5 Å². The summed E-state index contributed by atoms with van der Waals surface area (Å²) < 4.78 is 14.9. The minimum absolute atomic E-state index is 0.0375. The molecule has 4 N–H and O–H groups in total. The SMILES string of the molecule is C=C(/C=C\C=N/C)[C@H](Nc1cc(Cl)c2ncc(C#N)c(Nc3cccc(Cl)c3F)c2c1)C1=CN(C2CCN(C(C)(C)C)CC2)NN1. The fourth-order valence-corrected chi connectivity index (χ4v) is 6.13. The molecule has 0 saturated carbocycles. The maximum Gasteiger partial charge on any atom is 0.165 e. The fourth-order valence-electron chi connectivity index (χ4n) is 5.68. The largest absolute Gasteiger partial charge is 0.373 e. The van der Waals surface area contributed by atoms with Gasteiger partial charge in [0.05, 0.1) is 44.2 Å². The lowest BCUT2D eigenvalue weighted by molar-refractivity contribution is 0.0570. The van der Waals surface area contributed by atoms with Gasteiger partial charge in [-0.15, -0.1) is 5.53 Å². The summed E-state index contributed by atoms with van der Waals surface area (Å²) >= 11 is 12.8. The van der Waals surface area contributed by atoms with Crippen LogP contribution in [0.1, 0.15) is 39.2 Å². The molecule has 1 atom stereocenters. The Morgan fingerprint density at radius 1 is 1.24 bits per heavy atom. The quantitative estimate of drug-likeness (QED) is 0.140. The summed E-state index contributed by atoms with van der Waals surface area (Å²) in [7, 11) is 1.71. The van der Waals surface area contributed by atoms with Crippen molar-refractivity contribution in [1.82, 2.24) is 25.9 Å². The molecule has 0 amide bonds. The first-order valence-electron chi connectivity index (χ1n) is 15.0. The summed E-state index contributed by atoms with van der Waals surface area (Å²) in [5, 5.41) is 19.5. The van der Waals surface area contributed by atoms with Crippen LogP contribution in [0.5, 0.6) is 0 Å². The number of nitriles is 1. The first-order chi connectivity index (χ1) is 22.0. The molecule has 3 heterocycles. The smallest absolute Gasteiger partial charge is 0.165 e. The number of hydrogen-bond donors (Lipinski definition) is 4. The van der Waals surface area contributed by atoms with Crippen LogP contribution in [0.25, 0.3) is 10.9 Å². The molecule has 12 heteroatoms. The molecule has 2 aromatic carbocycles. The van der Waals surface area contributed by atoms with Gasteiger partial charge in [0.2, 0.25) is 0 Å². The molecule has 240 valence electrons. The molecule has 0 aliphatic carbocycles. The van der Waals surface area contributed by atoms with Crippen LogP contribution < -0.4 is 21.6 Å². The summed E-state index contributed by atoms with van der Waals surface area (Å²) in [4.78, 5) is 11.0. The van der Waals surface area contributed by atoms with Crippen molar-refractivity contribution in [3.05, 3.63) is 94.2 Å². The summed E-state index contributed by atoms with van der Waals surface area (Å²) in [6.45, 7) is 13.2. The Kier molecular flexibility index (Phi) is 10.2. The van der Waals surface area contributed by atoms with E-state index < -0.39 is 11.9 Å². The number of hydrogen-bond acceptors (Lipinski definition) is 9. The third-order valence-electron chi connectivity index (χ3n) is 8.21. The van der Waals surface area contributed by atoms with E-state index in [0.29, 0.717) is 33.3 Å². The standard InChI is InChI=1S/C34H38Cl2FN9/c1-21(8-7-13-39-5)31(29-20-46(44-43-29)24-11-14-45(15-12-24)34(2,3)4)41-23-16-25-32(42-28-10-6-9-26(35)30(28)37)22(18-38)19-40-33(25)27(36)17-23/h6-10,13,16-17,19-20,24,31,41,43-44H,1,11-12,14-15H2,2-5H3,(H,40,42)/b8-7-,39-13-/t31-/m0/s1. The molecule has 46 heavy (non-hydrogen) atoms. The van der Waals surface area contributed by atoms with E-state index in [1.54, 1.807) is 31.5 Å². The maximum atomic E-state index is 14.9. The molecule has 0 unspecified atom stereocenters. The zero-order valence-corrected chi connectivity index (χ0v) is 27.8. The zero-order valence-electron chi connectivity index (χ0n) is 26.3. The highest BCUT2D eigenvalue weighted by Gasteiger charge is 2.32. The van der Waals surface area contributed by atoms with E-state index in [-0.39, 0.29) is 21.8 Å². The molecular weight excluding hydrogens is 624 g/mol. The molecule has 3 aromatic rings. The predicted molar refractivity (Wildman–Crippen MR) is 187 cm³/mol. The van der Waals surface area contributed by atoms with Gasteiger partial charge in [0.1, 0.15) is 6.07 Å². The van der Waals surface area contributed by atoms with E-state index in [2.05, 4.69) is 81.1 Å². The lowest BCUT2D eigenvalue weighted by Crippen LogP contribution is -2.52. The number of rotatable bonds is 9. The topological polar surface area (TPSA) is 104 Å². The highest BCUT2D eigenvalue weighted by molar-refractivity contribution is 6.36. The van der Waals surface area contributed by atoms with Crippen molar-refractivity contribution in [2.75, 3.05) is 30.8 Å². The number of likely N-dealkylation sites (tertiary alicyclic amines) is 1. The van der Waals surface area contributed by atoms with Gasteiger partial charge in [-0.25, -0.2) is 4.39 Å². The van der Waals surface area contributed by atoms with Crippen LogP contribution in [0, 0.1) is 17.1 Å². The Morgan fingerprint density at radius 2 is 2.00 bits per heavy atom. The molecule has 0 radical (unpaired) electrons. The lowest BCUT2D eigenvalue weighted by Gasteiger charge is -2.42. The minimum atomic E-state index is -0.627. The Morgan fingerprint density at radius 3 is 2.70 bits per heavy atom. The first-order valence-corrected chi connectivity index (χ1v) is 15.8. The van der Waals surface area contributed by atoms with Crippen LogP contribution in [-0.2, 0) is 0 Å². The van der Waals surface area contributed by atoms with E-state index in [4.69, 9.17) is 23.2 Å². The van der Waals surface area contributed by atoms with E-state index >= 15 is 0 Å². The van der Waals surface area contributed by atoms with E-state index in [0.717, 1.165) is 37.2 Å².